The number of pyridine rings is 1. The van der Waals surface area contributed by atoms with Gasteiger partial charge in [0.1, 0.15) is 5.82 Å². The van der Waals surface area contributed by atoms with E-state index in [0.717, 1.165) is 35.4 Å². The van der Waals surface area contributed by atoms with Gasteiger partial charge in [-0.3, -0.25) is 4.79 Å². The number of rotatable bonds is 3. The van der Waals surface area contributed by atoms with E-state index in [1.807, 2.05) is 24.4 Å². The average Bonchev–Trinajstić information content (AvgIpc) is 3.43. The van der Waals surface area contributed by atoms with Gasteiger partial charge in [0.15, 0.2) is 17.2 Å². The van der Waals surface area contributed by atoms with Crippen molar-refractivity contribution in [3.8, 4) is 11.1 Å². The molecule has 7 heteroatoms. The SMILES string of the molecule is O=C(c1ccco1)N1CCC[C@H](c2nc3ccc(-c4cccc(F)c4)cn3n2)C1. The van der Waals surface area contributed by atoms with Crippen LogP contribution in [0.1, 0.15) is 35.1 Å². The van der Waals surface area contributed by atoms with Crippen molar-refractivity contribution in [2.75, 3.05) is 13.1 Å². The van der Waals surface area contributed by atoms with E-state index in [9.17, 15) is 9.18 Å². The number of amides is 1. The van der Waals surface area contributed by atoms with E-state index < -0.39 is 0 Å². The fourth-order valence-corrected chi connectivity index (χ4v) is 3.84. The minimum Gasteiger partial charge on any atom is -0.459 e. The molecule has 0 spiro atoms. The van der Waals surface area contributed by atoms with Gasteiger partial charge < -0.3 is 9.32 Å². The fourth-order valence-electron chi connectivity index (χ4n) is 3.84. The number of nitrogens with zero attached hydrogens (tertiary/aromatic N) is 4. The number of carbonyl (C=O) groups is 1. The van der Waals surface area contributed by atoms with E-state index in [-0.39, 0.29) is 17.6 Å². The third-order valence-electron chi connectivity index (χ3n) is 5.31. The van der Waals surface area contributed by atoms with Gasteiger partial charge in [0.25, 0.3) is 5.91 Å². The first-order valence-electron chi connectivity index (χ1n) is 9.62. The number of carbonyl (C=O) groups excluding carboxylic acids is 1. The first-order valence-corrected chi connectivity index (χ1v) is 9.62. The summed E-state index contributed by atoms with van der Waals surface area (Å²) >= 11 is 0. The first kappa shape index (κ1) is 17.6. The monoisotopic (exact) mass is 390 g/mol. The number of aromatic nitrogens is 3. The van der Waals surface area contributed by atoms with Crippen molar-refractivity contribution < 1.29 is 13.6 Å². The van der Waals surface area contributed by atoms with Gasteiger partial charge >= 0.3 is 0 Å². The molecular weight excluding hydrogens is 371 g/mol. The van der Waals surface area contributed by atoms with E-state index >= 15 is 0 Å². The van der Waals surface area contributed by atoms with Crippen molar-refractivity contribution in [2.45, 2.75) is 18.8 Å². The molecule has 0 saturated carbocycles. The summed E-state index contributed by atoms with van der Waals surface area (Å²) in [5.41, 5.74) is 2.39. The maximum Gasteiger partial charge on any atom is 0.289 e. The van der Waals surface area contributed by atoms with E-state index in [1.165, 1.54) is 18.4 Å². The van der Waals surface area contributed by atoms with Gasteiger partial charge in [0.05, 0.1) is 6.26 Å². The lowest BCUT2D eigenvalue weighted by atomic mass is 9.97. The van der Waals surface area contributed by atoms with E-state index in [4.69, 9.17) is 4.42 Å². The number of benzene rings is 1. The predicted octanol–water partition coefficient (Wildman–Crippen LogP) is 4.15. The summed E-state index contributed by atoms with van der Waals surface area (Å²) in [6, 6.07) is 13.7. The highest BCUT2D eigenvalue weighted by molar-refractivity contribution is 5.91. The molecule has 146 valence electrons. The van der Waals surface area contributed by atoms with Gasteiger partial charge in [-0.2, -0.15) is 5.10 Å². The number of hydrogen-bond acceptors (Lipinski definition) is 4. The molecule has 1 aliphatic rings. The minimum atomic E-state index is -0.273. The maximum atomic E-state index is 13.5. The molecule has 1 atom stereocenters. The Morgan fingerprint density at radius 1 is 1.14 bits per heavy atom. The summed E-state index contributed by atoms with van der Waals surface area (Å²) in [5, 5.41) is 4.65. The van der Waals surface area contributed by atoms with Crippen LogP contribution in [-0.2, 0) is 0 Å². The molecule has 4 heterocycles. The summed E-state index contributed by atoms with van der Waals surface area (Å²) < 4.78 is 20.5. The van der Waals surface area contributed by atoms with E-state index in [1.54, 1.807) is 27.6 Å². The molecule has 6 nitrogen and oxygen atoms in total. The standard InChI is InChI=1S/C22H19FN4O2/c23-18-6-1-4-15(12-18)16-8-9-20-24-21(25-27(20)14-16)17-5-2-10-26(13-17)22(28)19-7-3-11-29-19/h1,3-4,6-9,11-12,14,17H,2,5,10,13H2/t17-/m0/s1. The summed E-state index contributed by atoms with van der Waals surface area (Å²) in [4.78, 5) is 19.1. The summed E-state index contributed by atoms with van der Waals surface area (Å²) in [6.07, 6.45) is 5.18. The Morgan fingerprint density at radius 3 is 2.90 bits per heavy atom. The summed E-state index contributed by atoms with van der Waals surface area (Å²) in [6.45, 7) is 1.26. The van der Waals surface area contributed by atoms with Gasteiger partial charge in [-0.25, -0.2) is 13.9 Å². The lowest BCUT2D eigenvalue weighted by Gasteiger charge is -2.30. The zero-order valence-corrected chi connectivity index (χ0v) is 15.7. The molecule has 1 aliphatic heterocycles. The molecule has 1 aromatic carbocycles. The highest BCUT2D eigenvalue weighted by Crippen LogP contribution is 2.27. The molecule has 0 unspecified atom stereocenters. The van der Waals surface area contributed by atoms with Crippen LogP contribution in [0.5, 0.6) is 0 Å². The predicted molar refractivity (Wildman–Crippen MR) is 105 cm³/mol. The van der Waals surface area contributed by atoms with Crippen molar-refractivity contribution in [1.29, 1.82) is 0 Å². The van der Waals surface area contributed by atoms with Gasteiger partial charge in [0, 0.05) is 30.8 Å². The highest BCUT2D eigenvalue weighted by Gasteiger charge is 2.29. The van der Waals surface area contributed by atoms with Crippen LogP contribution in [0, 0.1) is 5.82 Å². The largest absolute Gasteiger partial charge is 0.459 e. The Balaban J connectivity index is 1.40. The highest BCUT2D eigenvalue weighted by atomic mass is 19.1. The zero-order valence-electron chi connectivity index (χ0n) is 15.7. The van der Waals surface area contributed by atoms with Crippen molar-refractivity contribution >= 4 is 11.6 Å². The molecule has 1 saturated heterocycles. The molecule has 1 fully saturated rings. The van der Waals surface area contributed by atoms with Crippen LogP contribution >= 0.6 is 0 Å². The second kappa shape index (κ2) is 7.16. The van der Waals surface area contributed by atoms with Gasteiger partial charge in [-0.15, -0.1) is 0 Å². The van der Waals surface area contributed by atoms with E-state index in [2.05, 4.69) is 10.1 Å². The molecule has 1 amide bonds. The van der Waals surface area contributed by atoms with Crippen molar-refractivity contribution in [3.05, 3.63) is 78.4 Å². The molecule has 0 bridgehead atoms. The Hall–Kier alpha value is -3.48. The lowest BCUT2D eigenvalue weighted by Crippen LogP contribution is -2.39. The number of fused-ring (bicyclic) bond motifs is 1. The Labute approximate surface area is 166 Å². The number of piperidine rings is 1. The average molecular weight is 390 g/mol. The molecular formula is C22H19FN4O2. The number of likely N-dealkylation sites (tertiary alicyclic amines) is 1. The lowest BCUT2D eigenvalue weighted by molar-refractivity contribution is 0.0672. The number of hydrogen-bond donors (Lipinski definition) is 0. The van der Waals surface area contributed by atoms with Crippen LogP contribution in [-0.4, -0.2) is 38.5 Å². The second-order valence-electron chi connectivity index (χ2n) is 7.27. The van der Waals surface area contributed by atoms with Gasteiger partial charge in [-0.1, -0.05) is 12.1 Å². The number of halogens is 1. The van der Waals surface area contributed by atoms with Crippen LogP contribution in [0.4, 0.5) is 4.39 Å². The smallest absolute Gasteiger partial charge is 0.289 e. The van der Waals surface area contributed by atoms with Crippen molar-refractivity contribution in [2.24, 2.45) is 0 Å². The molecule has 29 heavy (non-hydrogen) atoms. The third kappa shape index (κ3) is 3.40. The number of furan rings is 1. The summed E-state index contributed by atoms with van der Waals surface area (Å²) in [7, 11) is 0. The third-order valence-corrected chi connectivity index (χ3v) is 5.31. The topological polar surface area (TPSA) is 63.6 Å². The second-order valence-corrected chi connectivity index (χ2v) is 7.27. The molecule has 5 rings (SSSR count). The van der Waals surface area contributed by atoms with Crippen LogP contribution in [0.25, 0.3) is 16.8 Å². The molecule has 0 radical (unpaired) electrons. The Kier molecular flexibility index (Phi) is 4.35. The van der Waals surface area contributed by atoms with Gasteiger partial charge in [0.2, 0.25) is 0 Å². The normalized spacial score (nSPS) is 17.0. The Bertz CT molecular complexity index is 1170. The Morgan fingerprint density at radius 2 is 2.07 bits per heavy atom. The quantitative estimate of drug-likeness (QED) is 0.527. The van der Waals surface area contributed by atoms with Crippen LogP contribution < -0.4 is 0 Å². The van der Waals surface area contributed by atoms with Crippen LogP contribution in [0.15, 0.2) is 65.4 Å². The van der Waals surface area contributed by atoms with Crippen LogP contribution in [0.2, 0.25) is 0 Å². The molecule has 4 aromatic rings. The molecule has 0 aliphatic carbocycles. The summed E-state index contributed by atoms with van der Waals surface area (Å²) in [5.74, 6) is 0.772. The first-order chi connectivity index (χ1) is 14.2. The molecule has 3 aromatic heterocycles. The van der Waals surface area contributed by atoms with E-state index in [0.29, 0.717) is 18.8 Å². The molecule has 0 N–H and O–H groups in total. The van der Waals surface area contributed by atoms with Gasteiger partial charge in [-0.05, 0) is 54.8 Å². The van der Waals surface area contributed by atoms with Crippen molar-refractivity contribution in [3.63, 3.8) is 0 Å². The zero-order chi connectivity index (χ0) is 19.8. The fraction of sp³-hybridized carbons (Fsp3) is 0.227. The minimum absolute atomic E-state index is 0.0696. The van der Waals surface area contributed by atoms with Crippen LogP contribution in [0.3, 0.4) is 0 Å². The maximum absolute atomic E-state index is 13.5. The van der Waals surface area contributed by atoms with Crippen molar-refractivity contribution in [1.82, 2.24) is 19.5 Å².